The molecule has 1 aliphatic carbocycles. The highest BCUT2D eigenvalue weighted by atomic mass is 16.6. The van der Waals surface area contributed by atoms with E-state index < -0.39 is 11.1 Å². The number of carbonyl (C=O) groups excluding carboxylic acids is 1. The summed E-state index contributed by atoms with van der Waals surface area (Å²) in [6.45, 7) is 9.99. The van der Waals surface area contributed by atoms with E-state index in [1.54, 1.807) is 0 Å². The van der Waals surface area contributed by atoms with Gasteiger partial charge in [0.05, 0.1) is 16.6 Å². The van der Waals surface area contributed by atoms with E-state index in [0.717, 1.165) is 52.7 Å². The van der Waals surface area contributed by atoms with E-state index in [9.17, 15) is 4.79 Å². The van der Waals surface area contributed by atoms with Gasteiger partial charge in [0.15, 0.2) is 0 Å². The molecule has 2 N–H and O–H groups in total. The molecule has 2 aliphatic rings. The minimum Gasteiger partial charge on any atom is -0.474 e. The van der Waals surface area contributed by atoms with Crippen LogP contribution in [0.25, 0.3) is 10.8 Å². The monoisotopic (exact) mass is 460 g/mol. The smallest absolute Gasteiger partial charge is 0.340 e. The van der Waals surface area contributed by atoms with Gasteiger partial charge in [-0.3, -0.25) is 9.97 Å². The lowest BCUT2D eigenvalue weighted by molar-refractivity contribution is -0.0190. The van der Waals surface area contributed by atoms with E-state index in [0.29, 0.717) is 17.9 Å². The molecule has 7 nitrogen and oxygen atoms in total. The summed E-state index contributed by atoms with van der Waals surface area (Å²) in [5, 5.41) is 1.90. The van der Waals surface area contributed by atoms with E-state index in [2.05, 4.69) is 18.0 Å². The largest absolute Gasteiger partial charge is 0.474 e. The third kappa shape index (κ3) is 4.02. The molecule has 1 saturated carbocycles. The van der Waals surface area contributed by atoms with Crippen molar-refractivity contribution >= 4 is 16.7 Å². The minimum atomic E-state index is -0.595. The molecule has 0 bridgehead atoms. The Morgan fingerprint density at radius 3 is 2.65 bits per heavy atom. The van der Waals surface area contributed by atoms with Gasteiger partial charge in [-0.25, -0.2) is 9.78 Å². The Morgan fingerprint density at radius 1 is 1.18 bits per heavy atom. The zero-order valence-electron chi connectivity index (χ0n) is 20.5. The standard InChI is InChI=1S/C27H32N4O3/c1-6-27(5,28)22-14-30-24(33-18-8-9-18)21-13-29-17(12-20(21)22)11-16-7-10-19-23(31-16)15(2)26(3,4)34-25(19)32/h7,10,12-15,18H,6,8-9,11,28H2,1-5H3/t15-,27+/m1/s1. The van der Waals surface area contributed by atoms with E-state index in [1.165, 1.54) is 0 Å². The summed E-state index contributed by atoms with van der Waals surface area (Å²) in [7, 11) is 0. The van der Waals surface area contributed by atoms with Crippen LogP contribution in [0.2, 0.25) is 0 Å². The van der Waals surface area contributed by atoms with Crippen LogP contribution in [0.15, 0.2) is 30.6 Å². The first-order valence-electron chi connectivity index (χ1n) is 12.1. The molecule has 1 aliphatic heterocycles. The first-order valence-corrected chi connectivity index (χ1v) is 12.1. The second-order valence-corrected chi connectivity index (χ2v) is 10.4. The summed E-state index contributed by atoms with van der Waals surface area (Å²) in [4.78, 5) is 26.6. The molecular weight excluding hydrogens is 428 g/mol. The third-order valence-corrected chi connectivity index (χ3v) is 7.32. The molecule has 3 aromatic heterocycles. The fourth-order valence-electron chi connectivity index (χ4n) is 4.35. The van der Waals surface area contributed by atoms with Crippen LogP contribution in [0.4, 0.5) is 0 Å². The molecule has 34 heavy (non-hydrogen) atoms. The minimum absolute atomic E-state index is 0.00739. The SMILES string of the molecule is CC[C@](C)(N)c1cnc(OC2CC2)c2cnc(Cc3ccc4c(n3)[C@@H](C)C(C)(C)OC4=O)cc12. The third-order valence-electron chi connectivity index (χ3n) is 7.32. The van der Waals surface area contributed by atoms with Crippen LogP contribution < -0.4 is 10.5 Å². The number of aromatic nitrogens is 3. The van der Waals surface area contributed by atoms with E-state index in [1.807, 2.05) is 52.2 Å². The van der Waals surface area contributed by atoms with Crippen molar-refractivity contribution < 1.29 is 14.3 Å². The molecule has 178 valence electrons. The lowest BCUT2D eigenvalue weighted by Crippen LogP contribution is -2.39. The summed E-state index contributed by atoms with van der Waals surface area (Å²) in [5.74, 6) is 0.295. The van der Waals surface area contributed by atoms with Crippen molar-refractivity contribution in [2.75, 3.05) is 0 Å². The van der Waals surface area contributed by atoms with Gasteiger partial charge < -0.3 is 15.2 Å². The lowest BCUT2D eigenvalue weighted by atomic mass is 9.84. The number of carbonyl (C=O) groups is 1. The second-order valence-electron chi connectivity index (χ2n) is 10.4. The fraction of sp³-hybridized carbons (Fsp3) is 0.481. The van der Waals surface area contributed by atoms with Crippen molar-refractivity contribution in [2.24, 2.45) is 5.73 Å². The van der Waals surface area contributed by atoms with Crippen LogP contribution in [-0.2, 0) is 16.7 Å². The van der Waals surface area contributed by atoms with Crippen LogP contribution in [0.5, 0.6) is 5.88 Å². The molecule has 0 aromatic carbocycles. The van der Waals surface area contributed by atoms with E-state index >= 15 is 0 Å². The fourth-order valence-corrected chi connectivity index (χ4v) is 4.35. The molecule has 4 heterocycles. The first-order chi connectivity index (χ1) is 16.1. The zero-order valence-corrected chi connectivity index (χ0v) is 20.5. The predicted molar refractivity (Wildman–Crippen MR) is 130 cm³/mol. The van der Waals surface area contributed by atoms with Crippen LogP contribution in [0.1, 0.15) is 92.8 Å². The number of ether oxygens (including phenoxy) is 2. The van der Waals surface area contributed by atoms with Gasteiger partial charge >= 0.3 is 5.97 Å². The Hall–Kier alpha value is -3.06. The molecule has 7 heteroatoms. The van der Waals surface area contributed by atoms with Gasteiger partial charge in [0, 0.05) is 41.7 Å². The number of fused-ring (bicyclic) bond motifs is 2. The van der Waals surface area contributed by atoms with Gasteiger partial charge in [0.1, 0.15) is 11.7 Å². The van der Waals surface area contributed by atoms with Crippen LogP contribution >= 0.6 is 0 Å². The van der Waals surface area contributed by atoms with Crippen molar-refractivity contribution in [1.29, 1.82) is 0 Å². The molecule has 2 atom stereocenters. The first kappa shape index (κ1) is 22.7. The van der Waals surface area contributed by atoms with Crippen molar-refractivity contribution in [3.8, 4) is 5.88 Å². The Kier molecular flexibility index (Phi) is 5.35. The number of nitrogens with zero attached hydrogens (tertiary/aromatic N) is 3. The number of cyclic esters (lactones) is 1. The highest BCUT2D eigenvalue weighted by Gasteiger charge is 2.40. The maximum absolute atomic E-state index is 12.4. The van der Waals surface area contributed by atoms with E-state index in [4.69, 9.17) is 25.2 Å². The maximum atomic E-state index is 12.4. The van der Waals surface area contributed by atoms with Gasteiger partial charge in [0.2, 0.25) is 5.88 Å². The number of hydrogen-bond donors (Lipinski definition) is 1. The summed E-state index contributed by atoms with van der Waals surface area (Å²) in [6, 6.07) is 5.78. The van der Waals surface area contributed by atoms with Crippen LogP contribution in [0, 0.1) is 0 Å². The van der Waals surface area contributed by atoms with E-state index in [-0.39, 0.29) is 18.0 Å². The molecule has 0 radical (unpaired) electrons. The van der Waals surface area contributed by atoms with Gasteiger partial charge in [-0.05, 0) is 69.2 Å². The van der Waals surface area contributed by atoms with Gasteiger partial charge in [0.25, 0.3) is 0 Å². The Balaban J connectivity index is 1.54. The summed E-state index contributed by atoms with van der Waals surface area (Å²) < 4.78 is 11.7. The highest BCUT2D eigenvalue weighted by Crippen LogP contribution is 2.38. The molecule has 0 amide bonds. The second kappa shape index (κ2) is 8.01. The molecule has 5 rings (SSSR count). The van der Waals surface area contributed by atoms with Crippen molar-refractivity contribution in [2.45, 2.75) is 83.5 Å². The van der Waals surface area contributed by atoms with Crippen molar-refractivity contribution in [3.05, 3.63) is 58.8 Å². The number of hydrogen-bond acceptors (Lipinski definition) is 7. The van der Waals surface area contributed by atoms with Gasteiger partial charge in [-0.2, -0.15) is 0 Å². The molecule has 0 spiro atoms. The van der Waals surface area contributed by atoms with Crippen LogP contribution in [-0.4, -0.2) is 32.6 Å². The average Bonchev–Trinajstić information content (AvgIpc) is 3.61. The number of pyridine rings is 3. The van der Waals surface area contributed by atoms with Gasteiger partial charge in [-0.15, -0.1) is 0 Å². The van der Waals surface area contributed by atoms with Gasteiger partial charge in [-0.1, -0.05) is 13.8 Å². The summed E-state index contributed by atoms with van der Waals surface area (Å²) in [6.07, 6.45) is 7.38. The number of nitrogens with two attached hydrogens (primary N) is 1. The molecular formula is C27H32N4O3. The average molecular weight is 461 g/mol. The topological polar surface area (TPSA) is 100 Å². The quantitative estimate of drug-likeness (QED) is 0.528. The molecule has 0 unspecified atom stereocenters. The van der Waals surface area contributed by atoms with Crippen molar-refractivity contribution in [1.82, 2.24) is 15.0 Å². The molecule has 1 fully saturated rings. The Bertz CT molecular complexity index is 1280. The normalized spacial score (nSPS) is 21.0. The lowest BCUT2D eigenvalue weighted by Gasteiger charge is -2.36. The summed E-state index contributed by atoms with van der Waals surface area (Å²) in [5.41, 5.74) is 9.57. The summed E-state index contributed by atoms with van der Waals surface area (Å²) >= 11 is 0. The molecule has 0 saturated heterocycles. The number of esters is 1. The maximum Gasteiger partial charge on any atom is 0.340 e. The number of rotatable bonds is 6. The molecule has 3 aromatic rings. The zero-order chi connectivity index (χ0) is 24.3. The Morgan fingerprint density at radius 2 is 1.94 bits per heavy atom. The predicted octanol–water partition coefficient (Wildman–Crippen LogP) is 4.79. The Labute approximate surface area is 200 Å². The van der Waals surface area contributed by atoms with Crippen LogP contribution in [0.3, 0.4) is 0 Å². The van der Waals surface area contributed by atoms with Crippen molar-refractivity contribution in [3.63, 3.8) is 0 Å². The highest BCUT2D eigenvalue weighted by molar-refractivity contribution is 5.92.